The molecule has 1 fully saturated rings. The summed E-state index contributed by atoms with van der Waals surface area (Å²) in [5.74, 6) is 0.234. The van der Waals surface area contributed by atoms with Crippen LogP contribution < -0.4 is 4.90 Å². The average molecular weight is 375 g/mol. The first kappa shape index (κ1) is 18.5. The molecule has 2 aromatic rings. The quantitative estimate of drug-likeness (QED) is 0.875. The van der Waals surface area contributed by atoms with Crippen molar-refractivity contribution in [1.82, 2.24) is 9.29 Å². The van der Waals surface area contributed by atoms with E-state index in [4.69, 9.17) is 0 Å². The zero-order chi connectivity index (χ0) is 18.7. The minimum absolute atomic E-state index is 0.103. The molecule has 0 bridgehead atoms. The Morgan fingerprint density at radius 2 is 1.96 bits per heavy atom. The number of hydrogen-bond acceptors (Lipinski definition) is 5. The van der Waals surface area contributed by atoms with E-state index in [1.54, 1.807) is 31.4 Å². The number of aromatic nitrogens is 1. The van der Waals surface area contributed by atoms with Gasteiger partial charge in [0.05, 0.1) is 11.0 Å². The molecule has 0 saturated carbocycles. The van der Waals surface area contributed by atoms with Gasteiger partial charge in [-0.25, -0.2) is 13.4 Å². The fourth-order valence-corrected chi connectivity index (χ4v) is 4.42. The molecule has 0 unspecified atom stereocenters. The maximum absolute atomic E-state index is 12.7. The van der Waals surface area contributed by atoms with Gasteiger partial charge < -0.3 is 5.11 Å². The summed E-state index contributed by atoms with van der Waals surface area (Å²) in [5.41, 5.74) is 0.371. The summed E-state index contributed by atoms with van der Waals surface area (Å²) in [5, 5.41) is 9.71. The van der Waals surface area contributed by atoms with Crippen molar-refractivity contribution in [3.8, 4) is 0 Å². The van der Waals surface area contributed by atoms with Crippen molar-refractivity contribution in [2.24, 2.45) is 0 Å². The summed E-state index contributed by atoms with van der Waals surface area (Å²) in [6.45, 7) is 0.494. The highest BCUT2D eigenvalue weighted by Gasteiger charge is 2.29. The number of aliphatic hydroxyl groups is 1. The first-order chi connectivity index (χ1) is 12.4. The second-order valence-corrected chi connectivity index (χ2v) is 8.17. The first-order valence-electron chi connectivity index (χ1n) is 8.37. The molecule has 3 rings (SSSR count). The number of anilines is 1. The van der Waals surface area contributed by atoms with Crippen molar-refractivity contribution in [3.63, 3.8) is 0 Å². The maximum Gasteiger partial charge on any atom is 0.259 e. The van der Waals surface area contributed by atoms with Crippen LogP contribution in [0.5, 0.6) is 0 Å². The third-order valence-corrected chi connectivity index (χ3v) is 6.28. The van der Waals surface area contributed by atoms with Gasteiger partial charge in [-0.2, -0.15) is 4.31 Å². The number of pyridine rings is 1. The minimum atomic E-state index is -3.67. The lowest BCUT2D eigenvalue weighted by molar-refractivity contribution is 0.0992. The van der Waals surface area contributed by atoms with E-state index < -0.39 is 16.1 Å². The van der Waals surface area contributed by atoms with E-state index in [-0.39, 0.29) is 17.3 Å². The monoisotopic (exact) mass is 375 g/mol. The van der Waals surface area contributed by atoms with Gasteiger partial charge in [-0.15, -0.1) is 0 Å². The summed E-state index contributed by atoms with van der Waals surface area (Å²) >= 11 is 0. The fourth-order valence-electron chi connectivity index (χ4n) is 2.91. The largest absolute Gasteiger partial charge is 0.392 e. The van der Waals surface area contributed by atoms with E-state index >= 15 is 0 Å². The summed E-state index contributed by atoms with van der Waals surface area (Å²) in [7, 11) is -2.06. The highest BCUT2D eigenvalue weighted by atomic mass is 32.2. The fraction of sp³-hybridized carbons (Fsp3) is 0.333. The maximum atomic E-state index is 12.7. The molecule has 138 valence electrons. The van der Waals surface area contributed by atoms with Gasteiger partial charge in [0.15, 0.2) is 0 Å². The lowest BCUT2D eigenvalue weighted by atomic mass is 10.1. The van der Waals surface area contributed by atoms with Crippen LogP contribution in [0, 0.1) is 0 Å². The number of rotatable bonds is 4. The molecule has 1 aromatic carbocycles. The predicted octanol–water partition coefficient (Wildman–Crippen LogP) is 1.50. The van der Waals surface area contributed by atoms with Crippen LogP contribution in [0.3, 0.4) is 0 Å². The Labute approximate surface area is 152 Å². The zero-order valence-corrected chi connectivity index (χ0v) is 15.3. The minimum Gasteiger partial charge on any atom is -0.392 e. The van der Waals surface area contributed by atoms with E-state index in [9.17, 15) is 18.3 Å². The number of sulfonamides is 1. The lowest BCUT2D eigenvalue weighted by Crippen LogP contribution is -2.42. The zero-order valence-electron chi connectivity index (χ0n) is 14.4. The number of β-amino-alcohol motifs (C(OH)–C–C–N with tert-alkyl or cyclic N) is 1. The van der Waals surface area contributed by atoms with Crippen molar-refractivity contribution in [2.75, 3.05) is 25.0 Å². The van der Waals surface area contributed by atoms with Crippen molar-refractivity contribution in [1.29, 1.82) is 0 Å². The number of amides is 1. The van der Waals surface area contributed by atoms with Crippen molar-refractivity contribution in [3.05, 3.63) is 54.2 Å². The summed E-state index contributed by atoms with van der Waals surface area (Å²) in [4.78, 5) is 18.2. The van der Waals surface area contributed by atoms with Gasteiger partial charge in [-0.1, -0.05) is 6.07 Å². The Kier molecular flexibility index (Phi) is 5.36. The predicted molar refractivity (Wildman–Crippen MR) is 97.4 cm³/mol. The van der Waals surface area contributed by atoms with Gasteiger partial charge >= 0.3 is 0 Å². The number of piperidine rings is 1. The third-order valence-electron chi connectivity index (χ3n) is 4.40. The van der Waals surface area contributed by atoms with Gasteiger partial charge in [-0.3, -0.25) is 9.69 Å². The molecule has 1 saturated heterocycles. The number of hydrogen-bond donors (Lipinski definition) is 1. The topological polar surface area (TPSA) is 90.8 Å². The molecule has 2 heterocycles. The van der Waals surface area contributed by atoms with E-state index in [1.807, 2.05) is 0 Å². The summed E-state index contributed by atoms with van der Waals surface area (Å²) < 4.78 is 26.6. The number of aliphatic hydroxyl groups excluding tert-OH is 1. The molecule has 7 nitrogen and oxygen atoms in total. The summed E-state index contributed by atoms with van der Waals surface area (Å²) in [6, 6.07) is 11.1. The molecule has 1 amide bonds. The van der Waals surface area contributed by atoms with E-state index in [2.05, 4.69) is 4.98 Å². The van der Waals surface area contributed by atoms with Crippen LogP contribution in [0.25, 0.3) is 0 Å². The molecule has 0 radical (unpaired) electrons. The molecule has 26 heavy (non-hydrogen) atoms. The second-order valence-electron chi connectivity index (χ2n) is 6.24. The van der Waals surface area contributed by atoms with Crippen LogP contribution >= 0.6 is 0 Å². The molecule has 0 spiro atoms. The van der Waals surface area contributed by atoms with Gasteiger partial charge in [0.1, 0.15) is 5.82 Å². The molecular weight excluding hydrogens is 354 g/mol. The first-order valence-corrected chi connectivity index (χ1v) is 9.81. The molecule has 0 aliphatic carbocycles. The van der Waals surface area contributed by atoms with Crippen LogP contribution in [-0.2, 0) is 10.0 Å². The molecule has 1 aromatic heterocycles. The van der Waals surface area contributed by atoms with Crippen LogP contribution in [0.2, 0.25) is 0 Å². The standard InChI is InChI=1S/C18H21N3O4S/c1-20(17-6-2-3-11-19-17)18(23)14-7-9-16(10-8-14)26(24,25)21-12-4-5-15(22)13-21/h2-3,6-11,15,22H,4-5,12-13H2,1H3/t15-/m1/s1. The van der Waals surface area contributed by atoms with Crippen molar-refractivity contribution >= 4 is 21.7 Å². The third kappa shape index (κ3) is 3.77. The molecule has 1 atom stereocenters. The Balaban J connectivity index is 1.79. The van der Waals surface area contributed by atoms with Crippen molar-refractivity contribution < 1.29 is 18.3 Å². The Bertz CT molecular complexity index is 869. The normalized spacial score (nSPS) is 18.5. The van der Waals surface area contributed by atoms with Crippen LogP contribution in [0.15, 0.2) is 53.6 Å². The average Bonchev–Trinajstić information content (AvgIpc) is 2.67. The molecule has 1 aliphatic rings. The SMILES string of the molecule is CN(C(=O)c1ccc(S(=O)(=O)N2CCC[C@@H](O)C2)cc1)c1ccccn1. The van der Waals surface area contributed by atoms with Crippen LogP contribution in [0.4, 0.5) is 5.82 Å². The smallest absolute Gasteiger partial charge is 0.259 e. The molecule has 1 aliphatic heterocycles. The van der Waals surface area contributed by atoms with Crippen LogP contribution in [-0.4, -0.2) is 55.0 Å². The molecule has 8 heteroatoms. The van der Waals surface area contributed by atoms with E-state index in [0.29, 0.717) is 30.8 Å². The van der Waals surface area contributed by atoms with E-state index in [1.165, 1.54) is 33.5 Å². The number of nitrogens with zero attached hydrogens (tertiary/aromatic N) is 3. The van der Waals surface area contributed by atoms with Gasteiger partial charge in [-0.05, 0) is 49.2 Å². The van der Waals surface area contributed by atoms with Crippen LogP contribution in [0.1, 0.15) is 23.2 Å². The number of carbonyl (C=O) groups excluding carboxylic acids is 1. The Morgan fingerprint density at radius 1 is 1.23 bits per heavy atom. The van der Waals surface area contributed by atoms with Crippen molar-refractivity contribution in [2.45, 2.75) is 23.8 Å². The Hall–Kier alpha value is -2.29. The highest BCUT2D eigenvalue weighted by molar-refractivity contribution is 7.89. The Morgan fingerprint density at radius 3 is 2.58 bits per heavy atom. The number of benzene rings is 1. The molecule has 1 N–H and O–H groups in total. The van der Waals surface area contributed by atoms with E-state index in [0.717, 1.165) is 0 Å². The lowest BCUT2D eigenvalue weighted by Gasteiger charge is -2.29. The number of carbonyl (C=O) groups is 1. The van der Waals surface area contributed by atoms with Gasteiger partial charge in [0.2, 0.25) is 10.0 Å². The molecular formula is C18H21N3O4S. The van der Waals surface area contributed by atoms with Gasteiger partial charge in [0.25, 0.3) is 5.91 Å². The summed E-state index contributed by atoms with van der Waals surface area (Å²) in [6.07, 6.45) is 2.21. The second kappa shape index (κ2) is 7.53. The highest BCUT2D eigenvalue weighted by Crippen LogP contribution is 2.22. The van der Waals surface area contributed by atoms with Gasteiger partial charge in [0, 0.05) is 31.9 Å².